The normalized spacial score (nSPS) is 19.3. The van der Waals surface area contributed by atoms with Crippen LogP contribution in [0.25, 0.3) is 5.65 Å². The number of carbonyl (C=O) groups is 2. The molecule has 0 saturated carbocycles. The van der Waals surface area contributed by atoms with Crippen LogP contribution < -0.4 is 5.32 Å². The fraction of sp³-hybridized carbons (Fsp3) is 0.278. The van der Waals surface area contributed by atoms with Crippen molar-refractivity contribution in [3.05, 3.63) is 59.3 Å². The van der Waals surface area contributed by atoms with E-state index in [1.54, 1.807) is 18.2 Å². The number of likely N-dealkylation sites (tertiary alicyclic amines) is 1. The van der Waals surface area contributed by atoms with Crippen LogP contribution in [0.4, 0.5) is 8.78 Å². The molecule has 0 aliphatic carbocycles. The summed E-state index contributed by atoms with van der Waals surface area (Å²) < 4.78 is 27.7. The maximum Gasteiger partial charge on any atom is 0.272 e. The van der Waals surface area contributed by atoms with Gasteiger partial charge in [-0.3, -0.25) is 9.59 Å². The molecule has 2 atom stereocenters. The van der Waals surface area contributed by atoms with Crippen molar-refractivity contribution >= 4 is 17.5 Å². The Hall–Kier alpha value is -3.47. The van der Waals surface area contributed by atoms with Gasteiger partial charge in [-0.25, -0.2) is 8.78 Å². The number of fused-ring (bicyclic) bond motifs is 1. The Morgan fingerprint density at radius 1 is 1.14 bits per heavy atom. The van der Waals surface area contributed by atoms with Crippen molar-refractivity contribution in [3.8, 4) is 0 Å². The smallest absolute Gasteiger partial charge is 0.272 e. The average Bonchev–Trinajstić information content (AvgIpc) is 3.18. The Kier molecular flexibility index (Phi) is 4.89. The first-order valence-electron chi connectivity index (χ1n) is 8.83. The molecule has 1 aliphatic rings. The zero-order chi connectivity index (χ0) is 20.5. The summed E-state index contributed by atoms with van der Waals surface area (Å²) in [4.78, 5) is 26.7. The Morgan fingerprint density at radius 2 is 1.97 bits per heavy atom. The average molecular weight is 402 g/mol. The number of nitrogens with one attached hydrogen (secondary N) is 1. The van der Waals surface area contributed by atoms with Crippen LogP contribution in [0.2, 0.25) is 0 Å². The van der Waals surface area contributed by atoms with E-state index in [9.17, 15) is 23.5 Å². The summed E-state index contributed by atoms with van der Waals surface area (Å²) in [7, 11) is 0. The molecule has 0 spiro atoms. The fourth-order valence-electron chi connectivity index (χ4n) is 3.34. The number of carbonyl (C=O) groups excluding carboxylic acids is 2. The van der Waals surface area contributed by atoms with E-state index in [1.807, 2.05) is 0 Å². The quantitative estimate of drug-likeness (QED) is 0.656. The molecule has 1 fully saturated rings. The number of piperidine rings is 1. The molecule has 1 aliphatic heterocycles. The lowest BCUT2D eigenvalue weighted by molar-refractivity contribution is 0.0365. The van der Waals surface area contributed by atoms with Crippen LogP contribution in [0.15, 0.2) is 36.4 Å². The van der Waals surface area contributed by atoms with Crippen LogP contribution in [-0.4, -0.2) is 67.1 Å². The summed E-state index contributed by atoms with van der Waals surface area (Å²) in [5, 5.41) is 23.9. The lowest BCUT2D eigenvalue weighted by atomic mass is 10.0. The molecular weight excluding hydrogens is 386 g/mol. The van der Waals surface area contributed by atoms with Crippen LogP contribution in [0.3, 0.4) is 0 Å². The van der Waals surface area contributed by atoms with E-state index in [1.165, 1.54) is 9.42 Å². The molecule has 150 valence electrons. The Balaban J connectivity index is 1.50. The molecule has 1 saturated heterocycles. The van der Waals surface area contributed by atoms with Gasteiger partial charge in [-0.2, -0.15) is 4.52 Å². The van der Waals surface area contributed by atoms with Crippen molar-refractivity contribution < 1.29 is 23.5 Å². The van der Waals surface area contributed by atoms with Crippen LogP contribution in [0, 0.1) is 11.6 Å². The maximum absolute atomic E-state index is 13.4. The highest BCUT2D eigenvalue weighted by molar-refractivity contribution is 5.95. The predicted molar refractivity (Wildman–Crippen MR) is 94.9 cm³/mol. The van der Waals surface area contributed by atoms with Crippen molar-refractivity contribution in [2.45, 2.75) is 18.6 Å². The van der Waals surface area contributed by atoms with Gasteiger partial charge < -0.3 is 15.3 Å². The van der Waals surface area contributed by atoms with Crippen molar-refractivity contribution in [1.82, 2.24) is 30.3 Å². The molecule has 0 bridgehead atoms. The second-order valence-corrected chi connectivity index (χ2v) is 6.76. The van der Waals surface area contributed by atoms with E-state index in [-0.39, 0.29) is 30.8 Å². The maximum atomic E-state index is 13.4. The number of aliphatic hydroxyl groups excluding tert-OH is 1. The number of hydrogen-bond acceptors (Lipinski definition) is 6. The second kappa shape index (κ2) is 7.51. The fourth-order valence-corrected chi connectivity index (χ4v) is 3.34. The summed E-state index contributed by atoms with van der Waals surface area (Å²) in [6.45, 7) is 0.207. The van der Waals surface area contributed by atoms with Crippen molar-refractivity contribution in [1.29, 1.82) is 0 Å². The Bertz CT molecular complexity index is 1090. The zero-order valence-corrected chi connectivity index (χ0v) is 15.0. The van der Waals surface area contributed by atoms with Crippen LogP contribution in [0.1, 0.15) is 27.3 Å². The first-order valence-corrected chi connectivity index (χ1v) is 8.83. The summed E-state index contributed by atoms with van der Waals surface area (Å²) in [6, 6.07) is 7.09. The van der Waals surface area contributed by atoms with Gasteiger partial charge in [0.2, 0.25) is 0 Å². The van der Waals surface area contributed by atoms with Crippen LogP contribution in [-0.2, 0) is 0 Å². The van der Waals surface area contributed by atoms with Gasteiger partial charge in [0.05, 0.1) is 6.10 Å². The standard InChI is InChI=1S/C18H16F2N6O3/c19-13-5-4-10(6-14(13)20)17(28)21-11-7-12(27)9-25(8-11)18(29)15-2-1-3-16-22-23-24-26(15)16/h1-6,11-12,27H,7-9H2,(H,21,28)/t11-,12+/m0/s1. The molecule has 2 aromatic heterocycles. The molecule has 29 heavy (non-hydrogen) atoms. The molecule has 2 amide bonds. The second-order valence-electron chi connectivity index (χ2n) is 6.76. The Labute approximate surface area is 162 Å². The summed E-state index contributed by atoms with van der Waals surface area (Å²) >= 11 is 0. The van der Waals surface area contributed by atoms with E-state index >= 15 is 0 Å². The van der Waals surface area contributed by atoms with Crippen molar-refractivity contribution in [2.75, 3.05) is 13.1 Å². The van der Waals surface area contributed by atoms with Crippen LogP contribution >= 0.6 is 0 Å². The predicted octanol–water partition coefficient (Wildman–Crippen LogP) is 0.408. The molecule has 0 radical (unpaired) electrons. The van der Waals surface area contributed by atoms with Gasteiger partial charge in [-0.15, -0.1) is 5.10 Å². The monoisotopic (exact) mass is 402 g/mol. The zero-order valence-electron chi connectivity index (χ0n) is 15.0. The van der Waals surface area contributed by atoms with Gasteiger partial charge in [0.1, 0.15) is 5.69 Å². The van der Waals surface area contributed by atoms with Gasteiger partial charge in [0.15, 0.2) is 17.3 Å². The van der Waals surface area contributed by atoms with E-state index in [2.05, 4.69) is 20.8 Å². The Morgan fingerprint density at radius 3 is 2.76 bits per heavy atom. The van der Waals surface area contributed by atoms with Gasteiger partial charge in [0.25, 0.3) is 11.8 Å². The minimum absolute atomic E-state index is 0.0553. The number of aliphatic hydroxyl groups is 1. The summed E-state index contributed by atoms with van der Waals surface area (Å²) in [5.41, 5.74) is 0.559. The number of nitrogens with zero attached hydrogens (tertiary/aromatic N) is 5. The first-order chi connectivity index (χ1) is 13.9. The summed E-state index contributed by atoms with van der Waals surface area (Å²) in [6.07, 6.45) is -0.648. The largest absolute Gasteiger partial charge is 0.391 e. The van der Waals surface area contributed by atoms with Gasteiger partial charge in [0, 0.05) is 24.7 Å². The van der Waals surface area contributed by atoms with E-state index in [0.717, 1.165) is 18.2 Å². The van der Waals surface area contributed by atoms with E-state index < -0.39 is 35.6 Å². The molecule has 4 rings (SSSR count). The number of pyridine rings is 1. The lowest BCUT2D eigenvalue weighted by Crippen LogP contribution is -2.54. The number of β-amino-alcohol motifs (C(OH)–C–C–N with tert-alkyl or cyclic N) is 1. The molecule has 9 nitrogen and oxygen atoms in total. The molecule has 0 unspecified atom stereocenters. The van der Waals surface area contributed by atoms with Gasteiger partial charge in [-0.05, 0) is 47.2 Å². The van der Waals surface area contributed by atoms with Crippen molar-refractivity contribution in [2.24, 2.45) is 0 Å². The van der Waals surface area contributed by atoms with Crippen molar-refractivity contribution in [3.63, 3.8) is 0 Å². The third-order valence-electron chi connectivity index (χ3n) is 4.67. The highest BCUT2D eigenvalue weighted by Crippen LogP contribution is 2.16. The number of rotatable bonds is 3. The first kappa shape index (κ1) is 18.9. The minimum atomic E-state index is -1.13. The van der Waals surface area contributed by atoms with Crippen LogP contribution in [0.5, 0.6) is 0 Å². The van der Waals surface area contributed by atoms with E-state index in [0.29, 0.717) is 5.65 Å². The SMILES string of the molecule is O=C(N[C@H]1C[C@@H](O)CN(C(=O)c2cccc3nnnn23)C1)c1ccc(F)c(F)c1. The number of hydrogen-bond donors (Lipinski definition) is 2. The molecule has 1 aromatic carbocycles. The number of aromatic nitrogens is 4. The minimum Gasteiger partial charge on any atom is -0.391 e. The topological polar surface area (TPSA) is 113 Å². The number of benzene rings is 1. The number of tetrazole rings is 1. The molecule has 3 aromatic rings. The molecule has 3 heterocycles. The van der Waals surface area contributed by atoms with Gasteiger partial charge >= 0.3 is 0 Å². The number of amides is 2. The van der Waals surface area contributed by atoms with E-state index in [4.69, 9.17) is 0 Å². The molecular formula is C18H16F2N6O3. The number of halogens is 2. The highest BCUT2D eigenvalue weighted by atomic mass is 19.2. The molecule has 2 N–H and O–H groups in total. The summed E-state index contributed by atoms with van der Waals surface area (Å²) in [5.74, 6) is -3.22. The molecule has 11 heteroatoms. The third-order valence-corrected chi connectivity index (χ3v) is 4.67. The highest BCUT2D eigenvalue weighted by Gasteiger charge is 2.31. The van der Waals surface area contributed by atoms with Gasteiger partial charge in [-0.1, -0.05) is 6.07 Å². The lowest BCUT2D eigenvalue weighted by Gasteiger charge is -2.36. The third kappa shape index (κ3) is 3.76.